The van der Waals surface area contributed by atoms with Crippen LogP contribution in [0, 0.1) is 0 Å². The van der Waals surface area contributed by atoms with E-state index in [4.69, 9.17) is 0 Å². The molecule has 102 valence electrons. The third kappa shape index (κ3) is 2.32. The van der Waals surface area contributed by atoms with E-state index in [9.17, 15) is 4.79 Å². The first-order chi connectivity index (χ1) is 9.29. The maximum atomic E-state index is 12.4. The molecule has 0 aromatic heterocycles. The van der Waals surface area contributed by atoms with Crippen LogP contribution in [0.3, 0.4) is 0 Å². The molecule has 1 amide bonds. The number of amides is 1. The Bertz CT molecular complexity index is 474. The molecule has 4 heteroatoms. The van der Waals surface area contributed by atoms with E-state index in [1.54, 1.807) is 0 Å². The van der Waals surface area contributed by atoms with Crippen LogP contribution in [-0.2, 0) is 0 Å². The minimum atomic E-state index is 0.0451. The molecular weight excluding hydrogens is 238 g/mol. The molecule has 0 bridgehead atoms. The summed E-state index contributed by atoms with van der Waals surface area (Å²) in [5, 5.41) is 6.30. The van der Waals surface area contributed by atoms with E-state index in [2.05, 4.69) is 15.5 Å². The maximum Gasteiger partial charge on any atom is 0.253 e. The molecule has 2 aliphatic heterocycles. The van der Waals surface area contributed by atoms with Crippen molar-refractivity contribution in [3.8, 4) is 0 Å². The molecule has 0 aliphatic carbocycles. The molecule has 4 nitrogen and oxygen atoms in total. The van der Waals surface area contributed by atoms with Gasteiger partial charge in [-0.25, -0.2) is 0 Å². The molecule has 2 heterocycles. The smallest absolute Gasteiger partial charge is 0.253 e. The van der Waals surface area contributed by atoms with Crippen LogP contribution in [-0.4, -0.2) is 43.0 Å². The number of nitrogens with one attached hydrogen (secondary N) is 2. The predicted molar refractivity (Wildman–Crippen MR) is 76.5 cm³/mol. The largest absolute Gasteiger partial charge is 0.387 e. The molecule has 2 aliphatic rings. The average Bonchev–Trinajstić information content (AvgIpc) is 3.03. The van der Waals surface area contributed by atoms with E-state index in [1.165, 1.54) is 19.4 Å². The minimum Gasteiger partial charge on any atom is -0.387 e. The van der Waals surface area contributed by atoms with E-state index < -0.39 is 0 Å². The predicted octanol–water partition coefficient (Wildman–Crippen LogP) is 1.69. The molecule has 0 spiro atoms. The van der Waals surface area contributed by atoms with Gasteiger partial charge in [-0.1, -0.05) is 12.1 Å². The standard InChI is InChI=1S/C15H21N3O/c1-16-12-6-3-2-5-11(12)15(19)17-13-8-10-18-9-4-7-14(13)18/h2-3,5-6,13-14,16H,4,7-10H2,1H3,(H,17,19). The number of carbonyl (C=O) groups is 1. The summed E-state index contributed by atoms with van der Waals surface area (Å²) < 4.78 is 0. The molecule has 2 saturated heterocycles. The Labute approximate surface area is 114 Å². The van der Waals surface area contributed by atoms with Gasteiger partial charge < -0.3 is 10.6 Å². The van der Waals surface area contributed by atoms with Gasteiger partial charge in [0.15, 0.2) is 0 Å². The van der Waals surface area contributed by atoms with E-state index in [0.29, 0.717) is 12.1 Å². The van der Waals surface area contributed by atoms with E-state index >= 15 is 0 Å². The van der Waals surface area contributed by atoms with E-state index in [-0.39, 0.29) is 5.91 Å². The van der Waals surface area contributed by atoms with Gasteiger partial charge in [-0.3, -0.25) is 9.69 Å². The lowest BCUT2D eigenvalue weighted by atomic mass is 10.1. The van der Waals surface area contributed by atoms with Crippen LogP contribution in [0.15, 0.2) is 24.3 Å². The van der Waals surface area contributed by atoms with Gasteiger partial charge in [0.25, 0.3) is 5.91 Å². The molecule has 19 heavy (non-hydrogen) atoms. The fraction of sp³-hybridized carbons (Fsp3) is 0.533. The second-order valence-electron chi connectivity index (χ2n) is 5.41. The first kappa shape index (κ1) is 12.5. The van der Waals surface area contributed by atoms with Crippen LogP contribution >= 0.6 is 0 Å². The molecule has 3 rings (SSSR count). The van der Waals surface area contributed by atoms with Crippen molar-refractivity contribution >= 4 is 11.6 Å². The normalized spacial score (nSPS) is 26.2. The van der Waals surface area contributed by atoms with Gasteiger partial charge in [0, 0.05) is 31.4 Å². The van der Waals surface area contributed by atoms with Crippen molar-refractivity contribution in [3.05, 3.63) is 29.8 Å². The highest BCUT2D eigenvalue weighted by Gasteiger charge is 2.37. The number of nitrogens with zero attached hydrogens (tertiary/aromatic N) is 1. The summed E-state index contributed by atoms with van der Waals surface area (Å²) in [6.07, 6.45) is 3.57. The van der Waals surface area contributed by atoms with E-state index in [1.807, 2.05) is 31.3 Å². The number of anilines is 1. The van der Waals surface area contributed by atoms with Crippen LogP contribution < -0.4 is 10.6 Å². The van der Waals surface area contributed by atoms with Gasteiger partial charge in [0.2, 0.25) is 0 Å². The molecule has 2 atom stereocenters. The number of benzene rings is 1. The van der Waals surface area contributed by atoms with Crippen molar-refractivity contribution < 1.29 is 4.79 Å². The highest BCUT2D eigenvalue weighted by molar-refractivity contribution is 5.99. The molecule has 2 unspecified atom stereocenters. The highest BCUT2D eigenvalue weighted by Crippen LogP contribution is 2.28. The molecule has 1 aromatic carbocycles. The Morgan fingerprint density at radius 1 is 1.26 bits per heavy atom. The van der Waals surface area contributed by atoms with Crippen molar-refractivity contribution in [2.75, 3.05) is 25.5 Å². The summed E-state index contributed by atoms with van der Waals surface area (Å²) in [6, 6.07) is 8.54. The van der Waals surface area contributed by atoms with Crippen LogP contribution in [0.2, 0.25) is 0 Å². The summed E-state index contributed by atoms with van der Waals surface area (Å²) >= 11 is 0. The van der Waals surface area contributed by atoms with Crippen molar-refractivity contribution in [2.24, 2.45) is 0 Å². The lowest BCUT2D eigenvalue weighted by molar-refractivity contribution is 0.0930. The molecule has 0 saturated carbocycles. The fourth-order valence-electron chi connectivity index (χ4n) is 3.40. The second-order valence-corrected chi connectivity index (χ2v) is 5.41. The van der Waals surface area contributed by atoms with Crippen molar-refractivity contribution in [2.45, 2.75) is 31.3 Å². The van der Waals surface area contributed by atoms with E-state index in [0.717, 1.165) is 24.2 Å². The van der Waals surface area contributed by atoms with Crippen LogP contribution in [0.1, 0.15) is 29.6 Å². The highest BCUT2D eigenvalue weighted by atomic mass is 16.1. The third-order valence-electron chi connectivity index (χ3n) is 4.36. The van der Waals surface area contributed by atoms with Gasteiger partial charge in [0.1, 0.15) is 0 Å². The quantitative estimate of drug-likeness (QED) is 0.868. The topological polar surface area (TPSA) is 44.4 Å². The van der Waals surface area contributed by atoms with Gasteiger partial charge in [-0.05, 0) is 37.9 Å². The second kappa shape index (κ2) is 5.21. The Kier molecular flexibility index (Phi) is 3.42. The fourth-order valence-corrected chi connectivity index (χ4v) is 3.40. The van der Waals surface area contributed by atoms with Gasteiger partial charge in [-0.2, -0.15) is 0 Å². The van der Waals surface area contributed by atoms with Gasteiger partial charge in [-0.15, -0.1) is 0 Å². The lowest BCUT2D eigenvalue weighted by Crippen LogP contribution is -2.42. The number of hydrogen-bond donors (Lipinski definition) is 2. The first-order valence-electron chi connectivity index (χ1n) is 7.11. The number of para-hydroxylation sites is 1. The molecule has 2 fully saturated rings. The molecular formula is C15H21N3O. The maximum absolute atomic E-state index is 12.4. The van der Waals surface area contributed by atoms with Gasteiger partial charge >= 0.3 is 0 Å². The average molecular weight is 259 g/mol. The zero-order chi connectivity index (χ0) is 13.2. The summed E-state index contributed by atoms with van der Waals surface area (Å²) in [6.45, 7) is 2.33. The Balaban J connectivity index is 1.71. The molecule has 1 aromatic rings. The van der Waals surface area contributed by atoms with Crippen LogP contribution in [0.4, 0.5) is 5.69 Å². The Morgan fingerprint density at radius 2 is 2.11 bits per heavy atom. The summed E-state index contributed by atoms with van der Waals surface area (Å²) in [5.74, 6) is 0.0451. The Morgan fingerprint density at radius 3 is 2.95 bits per heavy atom. The monoisotopic (exact) mass is 259 g/mol. The molecule has 2 N–H and O–H groups in total. The number of carbonyl (C=O) groups excluding carboxylic acids is 1. The Hall–Kier alpha value is -1.55. The summed E-state index contributed by atoms with van der Waals surface area (Å²) in [4.78, 5) is 14.9. The van der Waals surface area contributed by atoms with Crippen LogP contribution in [0.25, 0.3) is 0 Å². The lowest BCUT2D eigenvalue weighted by Gasteiger charge is -2.21. The summed E-state index contributed by atoms with van der Waals surface area (Å²) in [5.41, 5.74) is 1.63. The zero-order valence-corrected chi connectivity index (χ0v) is 11.4. The van der Waals surface area contributed by atoms with Crippen LogP contribution in [0.5, 0.6) is 0 Å². The third-order valence-corrected chi connectivity index (χ3v) is 4.36. The minimum absolute atomic E-state index is 0.0451. The molecule has 0 radical (unpaired) electrons. The van der Waals surface area contributed by atoms with Gasteiger partial charge in [0.05, 0.1) is 5.56 Å². The number of rotatable bonds is 3. The number of hydrogen-bond acceptors (Lipinski definition) is 3. The summed E-state index contributed by atoms with van der Waals surface area (Å²) in [7, 11) is 1.85. The van der Waals surface area contributed by atoms with Crippen molar-refractivity contribution in [1.82, 2.24) is 10.2 Å². The SMILES string of the molecule is CNc1ccccc1C(=O)NC1CCN2CCCC12. The number of fused-ring (bicyclic) bond motifs is 1. The zero-order valence-electron chi connectivity index (χ0n) is 11.4. The van der Waals surface area contributed by atoms with Crippen molar-refractivity contribution in [1.29, 1.82) is 0 Å². The first-order valence-corrected chi connectivity index (χ1v) is 7.11. The van der Waals surface area contributed by atoms with Crippen molar-refractivity contribution in [3.63, 3.8) is 0 Å².